The molecule has 0 aromatic carbocycles. The van der Waals surface area contributed by atoms with Crippen molar-refractivity contribution in [3.63, 3.8) is 0 Å². The van der Waals surface area contributed by atoms with Crippen molar-refractivity contribution < 1.29 is 0 Å². The van der Waals surface area contributed by atoms with Gasteiger partial charge in [0.2, 0.25) is 108 Å². The van der Waals surface area contributed by atoms with Crippen molar-refractivity contribution in [2.24, 2.45) is 0 Å². The lowest BCUT2D eigenvalue weighted by molar-refractivity contribution is 0.676. The van der Waals surface area contributed by atoms with Gasteiger partial charge in [0.05, 0.1) is 0 Å². The molecule has 0 amide bonds. The lowest BCUT2D eigenvalue weighted by Gasteiger charge is -2.18. The summed E-state index contributed by atoms with van der Waals surface area (Å²) in [4.78, 5) is 114. The maximum atomic E-state index is 5.47. The van der Waals surface area contributed by atoms with Crippen LogP contribution in [0.15, 0.2) is 43.1 Å². The lowest BCUT2D eigenvalue weighted by atomic mass is 10.1. The van der Waals surface area contributed by atoms with Crippen LogP contribution in [0.4, 0.5) is 89.2 Å². The van der Waals surface area contributed by atoms with E-state index in [1.54, 1.807) is 39.0 Å². The average Bonchev–Trinajstić information content (AvgIpc) is 0.842. The SMILES string of the molecule is C=CCN(CC=C)c1nc(N)nc(N)n1.C=CCSc1nc(=S)[nH]c(=S)[nH]1.CC(C)c1nc(N)nc(N)n1.CCC(C)c1nc(N)nc(N)n1.CCc1nc(N)nc(N)n1.CN(C)c1nc(N(C)C)nc(N(C)C)n1.Cc1nc(=S)[nH]c(=S)[nH]1.Cc1nc(=S)[nH]c(=S)[nH]1.Cc1nc(=S)[nH]c(=S)[nH]1.Nc1nc(N)nc(N)n1. The molecule has 0 fully saturated rings. The minimum atomic E-state index is 0.0417. The molecule has 0 saturated heterocycles. The maximum absolute atomic E-state index is 5.47. The predicted octanol–water partition coefficient (Wildman–Crippen LogP) is 6.20. The third-order valence-corrected chi connectivity index (χ3v) is 13.9. The Balaban J connectivity index is 0.000000620. The number of aryl methyl sites for hydroxylation is 4. The third kappa shape index (κ3) is 42.7. The summed E-state index contributed by atoms with van der Waals surface area (Å²) >= 11 is 39.7. The summed E-state index contributed by atoms with van der Waals surface area (Å²) in [7, 11) is 11.5. The lowest BCUT2D eigenvalue weighted by Crippen LogP contribution is -2.26. The highest BCUT2D eigenvalue weighted by atomic mass is 32.2. The first kappa shape index (κ1) is 97.4. The molecule has 1 atom stereocenters. The molecule has 10 aromatic rings. The highest BCUT2D eigenvalue weighted by molar-refractivity contribution is 7.99. The largest absolute Gasteiger partial charge is 0.368 e. The molecule has 0 radical (unpaired) electrons. The number of aromatic nitrogens is 30. The molecule has 0 aliphatic carbocycles. The van der Waals surface area contributed by atoms with Crippen molar-refractivity contribution in [1.82, 2.24) is 150 Å². The number of hydrogen-bond donors (Lipinski definition) is 19. The number of hydrogen-bond acceptors (Lipinski definition) is 46. The van der Waals surface area contributed by atoms with Gasteiger partial charge in [0, 0.05) is 79.4 Å². The van der Waals surface area contributed by atoms with Gasteiger partial charge in [-0.2, -0.15) is 94.7 Å². The molecule has 0 aliphatic rings. The van der Waals surface area contributed by atoms with Crippen molar-refractivity contribution in [3.05, 3.63) is 111 Å². The minimum absolute atomic E-state index is 0.0417. The summed E-state index contributed by atoms with van der Waals surface area (Å²) in [5.41, 5.74) is 58.5. The fourth-order valence-electron chi connectivity index (χ4n) is 6.67. The molecule has 10 heterocycles. The van der Waals surface area contributed by atoms with E-state index in [1.807, 2.05) is 89.6 Å². The summed E-state index contributed by atoms with van der Waals surface area (Å²) < 4.78 is 3.75. The van der Waals surface area contributed by atoms with Crippen LogP contribution in [0.3, 0.4) is 0 Å². The van der Waals surface area contributed by atoms with Crippen molar-refractivity contribution in [2.75, 3.05) is 144 Å². The van der Waals surface area contributed by atoms with Gasteiger partial charge >= 0.3 is 0 Å². The highest BCUT2D eigenvalue weighted by Crippen LogP contribution is 2.17. The number of nitrogens with two attached hydrogens (primary N) is 11. The highest BCUT2D eigenvalue weighted by Gasteiger charge is 2.13. The predicted molar refractivity (Wildman–Crippen MR) is 459 cm³/mol. The van der Waals surface area contributed by atoms with Crippen LogP contribution in [0.2, 0.25) is 0 Å². The Bertz CT molecular complexity index is 4600. The Morgan fingerprint density at radius 2 is 0.631 bits per heavy atom. The fraction of sp³-hybridized carbons (Fsp3) is 0.368. The van der Waals surface area contributed by atoms with Gasteiger partial charge in [-0.3, -0.25) is 0 Å². The monoisotopic (exact) mass is 1700 g/mol. The first-order chi connectivity index (χ1) is 52.0. The molecule has 600 valence electrons. The summed E-state index contributed by atoms with van der Waals surface area (Å²) in [6.45, 7) is 27.4. The second-order valence-corrected chi connectivity index (χ2v) is 26.1. The fourth-order valence-corrected chi connectivity index (χ4v) is 9.49. The van der Waals surface area contributed by atoms with E-state index in [2.05, 4.69) is 176 Å². The Kier molecular flexibility index (Phi) is 44.7. The van der Waals surface area contributed by atoms with Crippen LogP contribution >= 0.6 is 110 Å². The van der Waals surface area contributed by atoms with E-state index in [1.165, 1.54) is 11.8 Å². The minimum Gasteiger partial charge on any atom is -0.368 e. The van der Waals surface area contributed by atoms with Gasteiger partial charge in [-0.15, -0.1) is 19.7 Å². The van der Waals surface area contributed by atoms with Gasteiger partial charge in [-0.05, 0) is 125 Å². The summed E-state index contributed by atoms with van der Waals surface area (Å²) in [6, 6.07) is 0. The van der Waals surface area contributed by atoms with E-state index in [-0.39, 0.29) is 77.3 Å². The number of anilines is 15. The molecule has 0 spiro atoms. The van der Waals surface area contributed by atoms with Crippen LogP contribution in [-0.4, -0.2) is 211 Å². The molecule has 0 saturated carbocycles. The number of aromatic amines is 8. The van der Waals surface area contributed by atoms with Gasteiger partial charge in [0.25, 0.3) is 0 Å². The van der Waals surface area contributed by atoms with E-state index in [0.29, 0.717) is 92.5 Å². The second kappa shape index (κ2) is 50.9. The molecular weight excluding hydrogens is 1600 g/mol. The van der Waals surface area contributed by atoms with Gasteiger partial charge in [-0.25, -0.2) is 15.0 Å². The third-order valence-electron chi connectivity index (χ3n) is 11.4. The van der Waals surface area contributed by atoms with Crippen molar-refractivity contribution in [3.8, 4) is 0 Å². The summed E-state index contributed by atoms with van der Waals surface area (Å²) in [5.74, 6) is 9.32. The Morgan fingerprint density at radius 3 is 0.883 bits per heavy atom. The smallest absolute Gasteiger partial charge is 0.232 e. The number of thioether (sulfide) groups is 1. The van der Waals surface area contributed by atoms with Crippen molar-refractivity contribution in [1.29, 1.82) is 0 Å². The molecule has 111 heavy (non-hydrogen) atoms. The van der Waals surface area contributed by atoms with E-state index in [4.69, 9.17) is 161 Å². The first-order valence-electron chi connectivity index (χ1n) is 31.8. The topological polar surface area (TPSA) is 709 Å². The first-order valence-corrected chi connectivity index (χ1v) is 36.0. The standard InChI is InChI=1S/C9H18N6.C9H14N6.C7H13N5.C6H11N5.C6H7N3S3.C5H9N5.3C4H5N3S2.C3H6N6/c1-13(2)7-10-8(14(3)4)12-9(11-7)15(5)6;1-3-5-15(6-4-2)9-13-7(10)12-8(11)14-9;1-3-4(2)5-10-6(8)12-7(9)11-5;1-3(2)4-9-5(7)11-6(8)10-4;1-2-3-12-6-8-4(10)7-5(11)9-6;1-2-3-8-4(6)10-5(7)9-3;3*1-2-5-3(8)7-4(9)6-2;4-1-7-2(5)9-3(6)8-1/h1-6H3;3-4H,1-2,5-6H2,(H4,10,11,12,13,14);4H,3H2,1-2H3,(H4,8,9,10,11,12);3H,1-2H3,(H4,7,8,9,10,11);2H,1,3H2,(H2,7,8,9,10,11);2H2,1H3,(H4,6,7,8,9,10);3*1H3,(H2,5,6,7,8,9);(H6,4,5,6,7,8,9). The summed E-state index contributed by atoms with van der Waals surface area (Å²) in [5, 5.41) is 0.726. The zero-order valence-electron chi connectivity index (χ0n) is 63.2. The Morgan fingerprint density at radius 1 is 0.351 bits per heavy atom. The van der Waals surface area contributed by atoms with E-state index in [9.17, 15) is 0 Å². The van der Waals surface area contributed by atoms with E-state index >= 15 is 0 Å². The van der Waals surface area contributed by atoms with Crippen LogP contribution in [-0.2, 0) is 6.42 Å². The van der Waals surface area contributed by atoms with Crippen molar-refractivity contribution >= 4 is 199 Å². The molecule has 0 aliphatic heterocycles. The van der Waals surface area contributed by atoms with Gasteiger partial charge in [0.1, 0.15) is 34.9 Å². The zero-order valence-corrected chi connectivity index (χ0v) is 70.5. The molecule has 30 N–H and O–H groups in total. The van der Waals surface area contributed by atoms with Crippen molar-refractivity contribution in [2.45, 2.75) is 85.2 Å². The zero-order chi connectivity index (χ0) is 84.4. The van der Waals surface area contributed by atoms with Crippen LogP contribution in [0.25, 0.3) is 0 Å². The molecule has 54 heteroatoms. The van der Waals surface area contributed by atoms with Gasteiger partial charge in [-0.1, -0.05) is 64.6 Å². The second-order valence-electron chi connectivity index (χ2n) is 21.9. The van der Waals surface area contributed by atoms with Crippen LogP contribution in [0, 0.1) is 58.9 Å². The Hall–Kier alpha value is -11.6. The number of nitrogen functional groups attached to an aromatic ring is 11. The number of rotatable bonds is 15. The molecule has 10 rings (SSSR count). The molecule has 0 bridgehead atoms. The average molecular weight is 1700 g/mol. The molecule has 45 nitrogen and oxygen atoms in total. The number of H-pyrrole nitrogens is 8. The Labute approximate surface area is 683 Å². The molecule has 1 unspecified atom stereocenters. The molecule has 10 aromatic heterocycles. The van der Waals surface area contributed by atoms with Gasteiger partial charge in [0.15, 0.2) is 24.2 Å². The number of nitrogens with one attached hydrogen (secondary N) is 8. The van der Waals surface area contributed by atoms with Crippen LogP contribution in [0.5, 0.6) is 0 Å². The van der Waals surface area contributed by atoms with E-state index in [0.717, 1.165) is 41.2 Å². The maximum Gasteiger partial charge on any atom is 0.232 e. The van der Waals surface area contributed by atoms with E-state index < -0.39 is 0 Å². The van der Waals surface area contributed by atoms with Crippen LogP contribution < -0.4 is 82.7 Å². The van der Waals surface area contributed by atoms with Gasteiger partial charge < -0.3 is 123 Å². The molecular formula is C57H93N45S9. The quantitative estimate of drug-likeness (QED) is 0.0308. The normalized spacial score (nSPS) is 10.0. The van der Waals surface area contributed by atoms with Crippen LogP contribution in [0.1, 0.15) is 87.8 Å². The number of nitrogens with zero attached hydrogens (tertiary/aromatic N) is 26. The summed E-state index contributed by atoms with van der Waals surface area (Å²) in [6.07, 6.45) is 6.95.